The van der Waals surface area contributed by atoms with Gasteiger partial charge in [0, 0.05) is 12.6 Å². The highest BCUT2D eigenvalue weighted by Gasteiger charge is 2.26. The Bertz CT molecular complexity index is 578. The first-order chi connectivity index (χ1) is 9.44. The minimum absolute atomic E-state index is 0.0563. The SMILES string of the molecule is COc1cc(C)cc(C)c1S(=O)(=O)NC1CCCNC1. The summed E-state index contributed by atoms with van der Waals surface area (Å²) in [6, 6.07) is 3.55. The summed E-state index contributed by atoms with van der Waals surface area (Å²) in [6.07, 6.45) is 1.84. The van der Waals surface area contributed by atoms with E-state index in [9.17, 15) is 8.42 Å². The first-order valence-corrected chi connectivity index (χ1v) is 8.30. The van der Waals surface area contributed by atoms with Crippen molar-refractivity contribution in [2.45, 2.75) is 37.6 Å². The summed E-state index contributed by atoms with van der Waals surface area (Å²) in [5.74, 6) is 0.402. The molecule has 0 saturated carbocycles. The fourth-order valence-corrected chi connectivity index (χ4v) is 4.29. The molecule has 0 aromatic heterocycles. The third-order valence-corrected chi connectivity index (χ3v) is 5.20. The molecule has 112 valence electrons. The monoisotopic (exact) mass is 298 g/mol. The van der Waals surface area contributed by atoms with Gasteiger partial charge >= 0.3 is 0 Å². The van der Waals surface area contributed by atoms with Crippen molar-refractivity contribution in [3.8, 4) is 5.75 Å². The molecule has 1 unspecified atom stereocenters. The summed E-state index contributed by atoms with van der Waals surface area (Å²) in [4.78, 5) is 0.246. The van der Waals surface area contributed by atoms with E-state index < -0.39 is 10.0 Å². The molecule has 0 bridgehead atoms. The standard InChI is InChI=1S/C14H22N2O3S/c1-10-7-11(2)14(13(8-10)19-3)20(17,18)16-12-5-4-6-15-9-12/h7-8,12,15-16H,4-6,9H2,1-3H3. The third kappa shape index (κ3) is 3.31. The number of hydrogen-bond donors (Lipinski definition) is 2. The van der Waals surface area contributed by atoms with E-state index in [0.29, 0.717) is 17.9 Å². The summed E-state index contributed by atoms with van der Waals surface area (Å²) in [5, 5.41) is 3.20. The Morgan fingerprint density at radius 1 is 1.35 bits per heavy atom. The van der Waals surface area contributed by atoms with Gasteiger partial charge in [0.05, 0.1) is 7.11 Å². The van der Waals surface area contributed by atoms with E-state index >= 15 is 0 Å². The lowest BCUT2D eigenvalue weighted by molar-refractivity contribution is 0.398. The van der Waals surface area contributed by atoms with E-state index in [2.05, 4.69) is 10.0 Å². The van der Waals surface area contributed by atoms with Gasteiger partial charge in [-0.15, -0.1) is 0 Å². The van der Waals surface area contributed by atoms with Gasteiger partial charge in [0.15, 0.2) is 0 Å². The van der Waals surface area contributed by atoms with Gasteiger partial charge in [-0.05, 0) is 50.4 Å². The predicted molar refractivity (Wildman–Crippen MR) is 78.7 cm³/mol. The average Bonchev–Trinajstić information content (AvgIpc) is 2.37. The van der Waals surface area contributed by atoms with Gasteiger partial charge < -0.3 is 10.1 Å². The molecular weight excluding hydrogens is 276 g/mol. The summed E-state index contributed by atoms with van der Waals surface area (Å²) in [6.45, 7) is 5.34. The number of piperidine rings is 1. The van der Waals surface area contributed by atoms with Gasteiger partial charge in [0.1, 0.15) is 10.6 Å². The van der Waals surface area contributed by atoms with Crippen LogP contribution in [0.3, 0.4) is 0 Å². The molecule has 1 aromatic carbocycles. The molecule has 0 spiro atoms. The number of aryl methyl sites for hydroxylation is 2. The van der Waals surface area contributed by atoms with Crippen LogP contribution in [-0.4, -0.2) is 34.7 Å². The van der Waals surface area contributed by atoms with E-state index in [4.69, 9.17) is 4.74 Å². The number of benzene rings is 1. The second-order valence-electron chi connectivity index (χ2n) is 5.28. The highest BCUT2D eigenvalue weighted by Crippen LogP contribution is 2.29. The van der Waals surface area contributed by atoms with Crippen LogP contribution in [0.4, 0.5) is 0 Å². The van der Waals surface area contributed by atoms with Gasteiger partial charge in [0.25, 0.3) is 0 Å². The Labute approximate surface area is 120 Å². The summed E-state index contributed by atoms with van der Waals surface area (Å²) in [5.41, 5.74) is 1.69. The average molecular weight is 298 g/mol. The molecule has 0 radical (unpaired) electrons. The van der Waals surface area contributed by atoms with Gasteiger partial charge in [0.2, 0.25) is 10.0 Å². The molecule has 0 aliphatic carbocycles. The number of rotatable bonds is 4. The molecule has 0 amide bonds. The maximum absolute atomic E-state index is 12.6. The van der Waals surface area contributed by atoms with Crippen molar-refractivity contribution >= 4 is 10.0 Å². The van der Waals surface area contributed by atoms with Gasteiger partial charge in [-0.25, -0.2) is 13.1 Å². The molecule has 6 heteroatoms. The van der Waals surface area contributed by atoms with E-state index in [1.54, 1.807) is 13.0 Å². The first kappa shape index (κ1) is 15.3. The van der Waals surface area contributed by atoms with Crippen LogP contribution in [0, 0.1) is 13.8 Å². The zero-order chi connectivity index (χ0) is 14.8. The van der Waals surface area contributed by atoms with Crippen molar-refractivity contribution in [1.29, 1.82) is 0 Å². The van der Waals surface area contributed by atoms with Crippen molar-refractivity contribution in [1.82, 2.24) is 10.0 Å². The topological polar surface area (TPSA) is 67.4 Å². The molecule has 1 aliphatic heterocycles. The summed E-state index contributed by atoms with van der Waals surface area (Å²) >= 11 is 0. The minimum Gasteiger partial charge on any atom is -0.495 e. The molecule has 1 aromatic rings. The zero-order valence-corrected chi connectivity index (χ0v) is 13.0. The lowest BCUT2D eigenvalue weighted by Gasteiger charge is -2.24. The Morgan fingerprint density at radius 2 is 2.10 bits per heavy atom. The van der Waals surface area contributed by atoms with E-state index in [0.717, 1.165) is 24.9 Å². The smallest absolute Gasteiger partial charge is 0.244 e. The largest absolute Gasteiger partial charge is 0.495 e. The Morgan fingerprint density at radius 3 is 2.70 bits per heavy atom. The van der Waals surface area contributed by atoms with Crippen LogP contribution >= 0.6 is 0 Å². The second kappa shape index (κ2) is 6.11. The van der Waals surface area contributed by atoms with Crippen LogP contribution in [0.15, 0.2) is 17.0 Å². The molecule has 1 aliphatic rings. The predicted octanol–water partition coefficient (Wildman–Crippen LogP) is 1.34. The fraction of sp³-hybridized carbons (Fsp3) is 0.571. The maximum atomic E-state index is 12.6. The summed E-state index contributed by atoms with van der Waals surface area (Å²) < 4.78 is 33.2. The molecule has 1 fully saturated rings. The number of sulfonamides is 1. The van der Waals surface area contributed by atoms with Crippen molar-refractivity contribution in [2.75, 3.05) is 20.2 Å². The van der Waals surface area contributed by atoms with Crippen LogP contribution in [0.1, 0.15) is 24.0 Å². The zero-order valence-electron chi connectivity index (χ0n) is 12.2. The van der Waals surface area contributed by atoms with Gasteiger partial charge in [-0.1, -0.05) is 6.07 Å². The van der Waals surface area contributed by atoms with E-state index in [1.807, 2.05) is 13.0 Å². The molecule has 5 nitrogen and oxygen atoms in total. The van der Waals surface area contributed by atoms with Crippen LogP contribution in [-0.2, 0) is 10.0 Å². The first-order valence-electron chi connectivity index (χ1n) is 6.82. The Balaban J connectivity index is 2.33. The Hall–Kier alpha value is -1.11. The Kier molecular flexibility index (Phi) is 4.67. The number of ether oxygens (including phenoxy) is 1. The summed E-state index contributed by atoms with van der Waals surface area (Å²) in [7, 11) is -2.07. The lowest BCUT2D eigenvalue weighted by atomic mass is 10.1. The van der Waals surface area contributed by atoms with E-state index in [-0.39, 0.29) is 10.9 Å². The molecule has 1 heterocycles. The highest BCUT2D eigenvalue weighted by atomic mass is 32.2. The van der Waals surface area contributed by atoms with Gasteiger partial charge in [-0.3, -0.25) is 0 Å². The molecule has 20 heavy (non-hydrogen) atoms. The second-order valence-corrected chi connectivity index (χ2v) is 6.93. The lowest BCUT2D eigenvalue weighted by Crippen LogP contribution is -2.45. The normalized spacial score (nSPS) is 19.9. The number of hydrogen-bond acceptors (Lipinski definition) is 4. The molecular formula is C14H22N2O3S. The van der Waals surface area contributed by atoms with Crippen molar-refractivity contribution < 1.29 is 13.2 Å². The fourth-order valence-electron chi connectivity index (χ4n) is 2.64. The van der Waals surface area contributed by atoms with Crippen molar-refractivity contribution in [2.24, 2.45) is 0 Å². The quantitative estimate of drug-likeness (QED) is 0.880. The third-order valence-electron chi connectivity index (χ3n) is 3.49. The van der Waals surface area contributed by atoms with Gasteiger partial charge in [-0.2, -0.15) is 0 Å². The van der Waals surface area contributed by atoms with Crippen LogP contribution in [0.5, 0.6) is 5.75 Å². The number of nitrogens with one attached hydrogen (secondary N) is 2. The maximum Gasteiger partial charge on any atom is 0.244 e. The molecule has 2 rings (SSSR count). The minimum atomic E-state index is -3.57. The highest BCUT2D eigenvalue weighted by molar-refractivity contribution is 7.89. The van der Waals surface area contributed by atoms with Crippen LogP contribution in [0.25, 0.3) is 0 Å². The number of methoxy groups -OCH3 is 1. The van der Waals surface area contributed by atoms with Crippen LogP contribution < -0.4 is 14.8 Å². The van der Waals surface area contributed by atoms with Crippen molar-refractivity contribution in [3.05, 3.63) is 23.3 Å². The van der Waals surface area contributed by atoms with Crippen molar-refractivity contribution in [3.63, 3.8) is 0 Å². The van der Waals surface area contributed by atoms with Crippen LogP contribution in [0.2, 0.25) is 0 Å². The van der Waals surface area contributed by atoms with E-state index in [1.165, 1.54) is 7.11 Å². The molecule has 1 atom stereocenters. The molecule has 2 N–H and O–H groups in total. The molecule has 1 saturated heterocycles.